The molecule has 1 aromatic carbocycles. The number of piperidine rings is 1. The molecule has 1 heterocycles. The minimum Gasteiger partial charge on any atom is -0.332 e. The van der Waals surface area contributed by atoms with E-state index >= 15 is 0 Å². The highest BCUT2D eigenvalue weighted by Crippen LogP contribution is 2.34. The second-order valence-corrected chi connectivity index (χ2v) is 5.51. The third-order valence-corrected chi connectivity index (χ3v) is 3.75. The molecule has 2 rings (SSSR count). The number of nitrogens with zero attached hydrogens (tertiary/aromatic N) is 1. The van der Waals surface area contributed by atoms with Crippen molar-refractivity contribution in [3.8, 4) is 0 Å². The SMILES string of the molecule is CC(C)N1C(=O)CCC(N)C1c1cccc(C(F)F)c1. The zero-order valence-corrected chi connectivity index (χ0v) is 11.7. The molecule has 1 fully saturated rings. The molecule has 2 atom stereocenters. The molecule has 1 aliphatic rings. The lowest BCUT2D eigenvalue weighted by Crippen LogP contribution is -2.51. The van der Waals surface area contributed by atoms with Crippen LogP contribution in [0, 0.1) is 0 Å². The number of rotatable bonds is 3. The first-order valence-corrected chi connectivity index (χ1v) is 6.86. The number of nitrogens with two attached hydrogens (primary N) is 1. The molecule has 3 nitrogen and oxygen atoms in total. The Kier molecular flexibility index (Phi) is 4.38. The Labute approximate surface area is 117 Å². The molecule has 0 spiro atoms. The maximum absolute atomic E-state index is 12.8. The van der Waals surface area contributed by atoms with Crippen LogP contribution in [-0.4, -0.2) is 22.9 Å². The Morgan fingerprint density at radius 1 is 1.35 bits per heavy atom. The van der Waals surface area contributed by atoms with Crippen molar-refractivity contribution in [3.63, 3.8) is 0 Å². The number of benzene rings is 1. The fourth-order valence-corrected chi connectivity index (χ4v) is 2.83. The number of hydrogen-bond acceptors (Lipinski definition) is 2. The van der Waals surface area contributed by atoms with E-state index in [1.165, 1.54) is 12.1 Å². The van der Waals surface area contributed by atoms with Crippen molar-refractivity contribution in [2.75, 3.05) is 0 Å². The second-order valence-electron chi connectivity index (χ2n) is 5.51. The number of likely N-dealkylation sites (tertiary alicyclic amines) is 1. The lowest BCUT2D eigenvalue weighted by atomic mass is 9.89. The quantitative estimate of drug-likeness (QED) is 0.926. The van der Waals surface area contributed by atoms with Crippen LogP contribution < -0.4 is 5.73 Å². The summed E-state index contributed by atoms with van der Waals surface area (Å²) in [6.45, 7) is 3.83. The van der Waals surface area contributed by atoms with Crippen LogP contribution >= 0.6 is 0 Å². The van der Waals surface area contributed by atoms with E-state index in [-0.39, 0.29) is 29.6 Å². The molecular formula is C15H20F2N2O. The van der Waals surface area contributed by atoms with Gasteiger partial charge in [-0.3, -0.25) is 4.79 Å². The van der Waals surface area contributed by atoms with Crippen LogP contribution in [0.3, 0.4) is 0 Å². The van der Waals surface area contributed by atoms with Gasteiger partial charge in [0.2, 0.25) is 5.91 Å². The van der Waals surface area contributed by atoms with Crippen LogP contribution in [0.2, 0.25) is 0 Å². The monoisotopic (exact) mass is 282 g/mol. The Bertz CT molecular complexity index is 491. The Balaban J connectivity index is 2.40. The standard InChI is InChI=1S/C15H20F2N2O/c1-9(2)19-13(20)7-6-12(18)14(19)10-4-3-5-11(8-10)15(16)17/h3-5,8-9,12,14-15H,6-7,18H2,1-2H3. The number of alkyl halides is 2. The first-order valence-electron chi connectivity index (χ1n) is 6.86. The predicted octanol–water partition coefficient (Wildman–Crippen LogP) is 3.02. The lowest BCUT2D eigenvalue weighted by Gasteiger charge is -2.42. The first-order chi connectivity index (χ1) is 9.41. The van der Waals surface area contributed by atoms with Gasteiger partial charge in [-0.05, 0) is 31.9 Å². The predicted molar refractivity (Wildman–Crippen MR) is 73.3 cm³/mol. The fourth-order valence-electron chi connectivity index (χ4n) is 2.83. The second kappa shape index (κ2) is 5.87. The topological polar surface area (TPSA) is 46.3 Å². The van der Waals surface area contributed by atoms with Crippen molar-refractivity contribution in [1.82, 2.24) is 4.90 Å². The van der Waals surface area contributed by atoms with Gasteiger partial charge in [0.05, 0.1) is 6.04 Å². The van der Waals surface area contributed by atoms with Crippen LogP contribution in [0.1, 0.15) is 50.3 Å². The zero-order valence-electron chi connectivity index (χ0n) is 11.7. The molecule has 1 saturated heterocycles. The molecule has 0 radical (unpaired) electrons. The van der Waals surface area contributed by atoms with Crippen molar-refractivity contribution < 1.29 is 13.6 Å². The van der Waals surface area contributed by atoms with Gasteiger partial charge in [-0.15, -0.1) is 0 Å². The number of carbonyl (C=O) groups excluding carboxylic acids is 1. The third kappa shape index (κ3) is 2.82. The maximum Gasteiger partial charge on any atom is 0.263 e. The molecule has 1 aliphatic heterocycles. The summed E-state index contributed by atoms with van der Waals surface area (Å²) in [7, 11) is 0. The van der Waals surface area contributed by atoms with Gasteiger partial charge < -0.3 is 10.6 Å². The van der Waals surface area contributed by atoms with E-state index in [1.807, 2.05) is 13.8 Å². The summed E-state index contributed by atoms with van der Waals surface area (Å²) in [6, 6.07) is 5.67. The van der Waals surface area contributed by atoms with E-state index in [1.54, 1.807) is 17.0 Å². The number of hydrogen-bond donors (Lipinski definition) is 1. The van der Waals surface area contributed by atoms with Gasteiger partial charge in [0.15, 0.2) is 0 Å². The minimum atomic E-state index is -2.52. The highest BCUT2D eigenvalue weighted by atomic mass is 19.3. The smallest absolute Gasteiger partial charge is 0.263 e. The summed E-state index contributed by atoms with van der Waals surface area (Å²) in [5.41, 5.74) is 6.81. The molecule has 1 aromatic rings. The average Bonchev–Trinajstić information content (AvgIpc) is 2.40. The molecule has 0 saturated carbocycles. The number of carbonyl (C=O) groups is 1. The summed E-state index contributed by atoms with van der Waals surface area (Å²) < 4.78 is 25.7. The molecule has 2 N–H and O–H groups in total. The summed E-state index contributed by atoms with van der Waals surface area (Å²) >= 11 is 0. The van der Waals surface area contributed by atoms with Gasteiger partial charge in [-0.1, -0.05) is 18.2 Å². The summed E-state index contributed by atoms with van der Waals surface area (Å²) in [6.07, 6.45) is -1.51. The summed E-state index contributed by atoms with van der Waals surface area (Å²) in [5, 5.41) is 0. The maximum atomic E-state index is 12.8. The molecule has 20 heavy (non-hydrogen) atoms. The van der Waals surface area contributed by atoms with Crippen molar-refractivity contribution in [2.24, 2.45) is 5.73 Å². The third-order valence-electron chi connectivity index (χ3n) is 3.75. The van der Waals surface area contributed by atoms with Crippen molar-refractivity contribution in [3.05, 3.63) is 35.4 Å². The van der Waals surface area contributed by atoms with E-state index in [2.05, 4.69) is 0 Å². The van der Waals surface area contributed by atoms with Crippen LogP contribution in [0.25, 0.3) is 0 Å². The van der Waals surface area contributed by atoms with Crippen molar-refractivity contribution in [1.29, 1.82) is 0 Å². The van der Waals surface area contributed by atoms with E-state index in [4.69, 9.17) is 5.73 Å². The zero-order chi connectivity index (χ0) is 14.9. The van der Waals surface area contributed by atoms with Gasteiger partial charge in [-0.25, -0.2) is 8.78 Å². The largest absolute Gasteiger partial charge is 0.332 e. The van der Waals surface area contributed by atoms with E-state index in [0.29, 0.717) is 18.4 Å². The molecule has 5 heteroatoms. The lowest BCUT2D eigenvalue weighted by molar-refractivity contribution is -0.139. The molecule has 110 valence electrons. The van der Waals surface area contributed by atoms with Crippen molar-refractivity contribution >= 4 is 5.91 Å². The van der Waals surface area contributed by atoms with Gasteiger partial charge in [-0.2, -0.15) is 0 Å². The molecule has 0 aromatic heterocycles. The molecule has 1 amide bonds. The van der Waals surface area contributed by atoms with Crippen molar-refractivity contribution in [2.45, 2.75) is 51.2 Å². The highest BCUT2D eigenvalue weighted by molar-refractivity contribution is 5.78. The van der Waals surface area contributed by atoms with Gasteiger partial charge in [0.1, 0.15) is 0 Å². The molecule has 0 bridgehead atoms. The fraction of sp³-hybridized carbons (Fsp3) is 0.533. The highest BCUT2D eigenvalue weighted by Gasteiger charge is 2.36. The van der Waals surface area contributed by atoms with Gasteiger partial charge >= 0.3 is 0 Å². The molecule has 0 aliphatic carbocycles. The minimum absolute atomic E-state index is 0.00550. The van der Waals surface area contributed by atoms with Crippen LogP contribution in [-0.2, 0) is 4.79 Å². The summed E-state index contributed by atoms with van der Waals surface area (Å²) in [5.74, 6) is 0.0363. The Morgan fingerprint density at radius 3 is 2.65 bits per heavy atom. The number of amides is 1. The summed E-state index contributed by atoms with van der Waals surface area (Å²) in [4.78, 5) is 13.8. The normalized spacial score (nSPS) is 23.8. The molecule has 2 unspecified atom stereocenters. The van der Waals surface area contributed by atoms with Gasteiger partial charge in [0, 0.05) is 24.1 Å². The average molecular weight is 282 g/mol. The van der Waals surface area contributed by atoms with E-state index < -0.39 is 6.43 Å². The Hall–Kier alpha value is -1.49. The number of halogens is 2. The van der Waals surface area contributed by atoms with Gasteiger partial charge in [0.25, 0.3) is 6.43 Å². The van der Waals surface area contributed by atoms with Crippen LogP contribution in [0.4, 0.5) is 8.78 Å². The first kappa shape index (κ1) is 14.9. The van der Waals surface area contributed by atoms with Crippen LogP contribution in [0.5, 0.6) is 0 Å². The van der Waals surface area contributed by atoms with E-state index in [0.717, 1.165) is 0 Å². The Morgan fingerprint density at radius 2 is 2.05 bits per heavy atom. The molecular weight excluding hydrogens is 262 g/mol. The van der Waals surface area contributed by atoms with E-state index in [9.17, 15) is 13.6 Å². The van der Waals surface area contributed by atoms with Crippen LogP contribution in [0.15, 0.2) is 24.3 Å².